The highest BCUT2D eigenvalue weighted by Crippen LogP contribution is 2.68. The lowest BCUT2D eigenvalue weighted by molar-refractivity contribution is -0.176. The van der Waals surface area contributed by atoms with Crippen LogP contribution < -0.4 is 0 Å². The van der Waals surface area contributed by atoms with E-state index in [0.717, 1.165) is 30.1 Å². The van der Waals surface area contributed by atoms with Crippen LogP contribution in [0.3, 0.4) is 0 Å². The first-order valence-corrected chi connectivity index (χ1v) is 7.90. The highest BCUT2D eigenvalue weighted by Gasteiger charge is 2.67. The Bertz CT molecular complexity index is 419. The molecule has 4 heteroatoms. The summed E-state index contributed by atoms with van der Waals surface area (Å²) in [5.74, 6) is 3.44. The van der Waals surface area contributed by atoms with Gasteiger partial charge in [0.15, 0.2) is 0 Å². The van der Waals surface area contributed by atoms with Gasteiger partial charge in [-0.2, -0.15) is 0 Å². The van der Waals surface area contributed by atoms with E-state index < -0.39 is 0 Å². The molecule has 0 spiro atoms. The molecule has 0 aromatic heterocycles. The largest absolute Gasteiger partial charge is 0.458 e. The predicted octanol–water partition coefficient (Wildman–Crippen LogP) is 2.16. The summed E-state index contributed by atoms with van der Waals surface area (Å²) in [4.78, 5) is 22.8. The molecule has 4 saturated carbocycles. The average Bonchev–Trinajstić information content (AvgIpc) is 3.06. The fourth-order valence-electron chi connectivity index (χ4n) is 6.16. The lowest BCUT2D eigenvalue weighted by Gasteiger charge is -2.41. The van der Waals surface area contributed by atoms with Gasteiger partial charge < -0.3 is 9.47 Å². The second kappa shape index (κ2) is 4.22. The van der Waals surface area contributed by atoms with E-state index in [4.69, 9.17) is 9.47 Å². The van der Waals surface area contributed by atoms with Gasteiger partial charge in [-0.15, -0.1) is 0 Å². The van der Waals surface area contributed by atoms with Crippen LogP contribution in [0.5, 0.6) is 0 Å². The third-order valence-corrected chi connectivity index (χ3v) is 6.35. The monoisotopic (exact) mass is 278 g/mol. The summed E-state index contributed by atoms with van der Waals surface area (Å²) >= 11 is 0. The molecule has 0 aliphatic heterocycles. The van der Waals surface area contributed by atoms with E-state index in [1.165, 1.54) is 33.1 Å². The maximum atomic E-state index is 11.4. The van der Waals surface area contributed by atoms with Crippen LogP contribution in [0.4, 0.5) is 0 Å². The van der Waals surface area contributed by atoms with Crippen LogP contribution in [0.2, 0.25) is 0 Å². The highest BCUT2D eigenvalue weighted by atomic mass is 16.6. The number of carbonyl (C=O) groups excluding carboxylic acids is 2. The third-order valence-electron chi connectivity index (χ3n) is 6.35. The van der Waals surface area contributed by atoms with E-state index in [0.29, 0.717) is 11.8 Å². The Hall–Kier alpha value is -1.06. The number of hydrogen-bond donors (Lipinski definition) is 0. The molecular weight excluding hydrogens is 256 g/mol. The van der Waals surface area contributed by atoms with Crippen molar-refractivity contribution in [1.82, 2.24) is 0 Å². The number of ether oxygens (including phenoxy) is 2. The van der Waals surface area contributed by atoms with Gasteiger partial charge in [-0.3, -0.25) is 9.59 Å². The zero-order valence-corrected chi connectivity index (χ0v) is 12.1. The van der Waals surface area contributed by atoms with Gasteiger partial charge in [0.05, 0.1) is 0 Å². The van der Waals surface area contributed by atoms with Crippen LogP contribution in [0, 0.1) is 35.5 Å². The Morgan fingerprint density at radius 2 is 1.25 bits per heavy atom. The molecule has 0 aromatic rings. The van der Waals surface area contributed by atoms with Crippen LogP contribution in [-0.2, 0) is 19.1 Å². The Kier molecular flexibility index (Phi) is 2.67. The average molecular weight is 278 g/mol. The molecule has 4 aliphatic rings. The first kappa shape index (κ1) is 12.7. The fraction of sp³-hybridized carbons (Fsp3) is 0.875. The second-order valence-corrected chi connectivity index (χ2v) is 7.20. The summed E-state index contributed by atoms with van der Waals surface area (Å²) in [6.07, 6.45) is 4.74. The quantitative estimate of drug-likeness (QED) is 0.574. The SMILES string of the molecule is CC(=O)OC1C2CC(C1OC(C)=O)C1C3CCC(C3)C21. The summed E-state index contributed by atoms with van der Waals surface area (Å²) in [7, 11) is 0. The van der Waals surface area contributed by atoms with Crippen molar-refractivity contribution < 1.29 is 19.1 Å². The number of carbonyl (C=O) groups is 2. The van der Waals surface area contributed by atoms with Crippen molar-refractivity contribution in [3.8, 4) is 0 Å². The molecular formula is C16H22O4. The highest BCUT2D eigenvalue weighted by molar-refractivity contribution is 5.67. The van der Waals surface area contributed by atoms with Gasteiger partial charge in [0, 0.05) is 25.7 Å². The third kappa shape index (κ3) is 1.60. The van der Waals surface area contributed by atoms with Crippen LogP contribution in [0.15, 0.2) is 0 Å². The molecule has 0 heterocycles. The standard InChI is InChI=1S/C16H22O4/c1-7(17)19-15-11-6-12(16(15)20-8(2)18)14-10-4-3-9(5-10)13(11)14/h9-16H,3-6H2,1-2H3. The Labute approximate surface area is 119 Å². The van der Waals surface area contributed by atoms with E-state index in [1.54, 1.807) is 0 Å². The molecule has 8 atom stereocenters. The molecule has 4 fully saturated rings. The molecule has 0 radical (unpaired) electrons. The van der Waals surface area contributed by atoms with Gasteiger partial charge in [-0.05, 0) is 49.4 Å². The summed E-state index contributed by atoms with van der Waals surface area (Å²) in [5, 5.41) is 0. The van der Waals surface area contributed by atoms with Gasteiger partial charge >= 0.3 is 11.9 Å². The first-order valence-electron chi connectivity index (χ1n) is 7.90. The van der Waals surface area contributed by atoms with Crippen LogP contribution in [-0.4, -0.2) is 24.1 Å². The Balaban J connectivity index is 1.63. The molecule has 0 aromatic carbocycles. The number of fused-ring (bicyclic) bond motifs is 9. The van der Waals surface area contributed by atoms with Gasteiger partial charge in [0.25, 0.3) is 0 Å². The van der Waals surface area contributed by atoms with Crippen molar-refractivity contribution >= 4 is 11.9 Å². The molecule has 8 unspecified atom stereocenters. The van der Waals surface area contributed by atoms with Crippen LogP contribution in [0.25, 0.3) is 0 Å². The summed E-state index contributed by atoms with van der Waals surface area (Å²) in [6, 6.07) is 0. The first-order chi connectivity index (χ1) is 9.56. The molecule has 110 valence electrons. The number of rotatable bonds is 2. The smallest absolute Gasteiger partial charge is 0.303 e. The molecule has 4 rings (SSSR count). The zero-order valence-electron chi connectivity index (χ0n) is 12.1. The summed E-state index contributed by atoms with van der Waals surface area (Å²) in [6.45, 7) is 2.91. The minimum Gasteiger partial charge on any atom is -0.458 e. The van der Waals surface area contributed by atoms with Crippen molar-refractivity contribution in [2.45, 2.75) is 51.7 Å². The van der Waals surface area contributed by atoms with E-state index in [2.05, 4.69) is 0 Å². The topological polar surface area (TPSA) is 52.6 Å². The van der Waals surface area contributed by atoms with Crippen LogP contribution in [0.1, 0.15) is 39.5 Å². The number of hydrogen-bond acceptors (Lipinski definition) is 4. The fourth-order valence-corrected chi connectivity index (χ4v) is 6.16. The lowest BCUT2D eigenvalue weighted by atomic mass is 9.69. The molecule has 4 bridgehead atoms. The zero-order chi connectivity index (χ0) is 14.0. The lowest BCUT2D eigenvalue weighted by Crippen LogP contribution is -2.47. The Morgan fingerprint density at radius 1 is 0.800 bits per heavy atom. The second-order valence-electron chi connectivity index (χ2n) is 7.20. The van der Waals surface area contributed by atoms with E-state index >= 15 is 0 Å². The van der Waals surface area contributed by atoms with Crippen molar-refractivity contribution in [3.63, 3.8) is 0 Å². The van der Waals surface area contributed by atoms with Crippen molar-refractivity contribution in [2.24, 2.45) is 35.5 Å². The van der Waals surface area contributed by atoms with E-state index in [9.17, 15) is 9.59 Å². The van der Waals surface area contributed by atoms with Gasteiger partial charge in [-0.25, -0.2) is 0 Å². The number of esters is 2. The molecule has 4 nitrogen and oxygen atoms in total. The van der Waals surface area contributed by atoms with Gasteiger partial charge in [0.2, 0.25) is 0 Å². The molecule has 20 heavy (non-hydrogen) atoms. The minimum absolute atomic E-state index is 0.193. The summed E-state index contributed by atoms with van der Waals surface area (Å²) in [5.41, 5.74) is 0. The van der Waals surface area contributed by atoms with Crippen molar-refractivity contribution in [3.05, 3.63) is 0 Å². The van der Waals surface area contributed by atoms with Crippen molar-refractivity contribution in [1.29, 1.82) is 0 Å². The van der Waals surface area contributed by atoms with Crippen molar-refractivity contribution in [2.75, 3.05) is 0 Å². The molecule has 4 aliphatic carbocycles. The minimum atomic E-state index is -0.251. The van der Waals surface area contributed by atoms with E-state index in [-0.39, 0.29) is 24.1 Å². The predicted molar refractivity (Wildman–Crippen MR) is 70.5 cm³/mol. The van der Waals surface area contributed by atoms with Gasteiger partial charge in [-0.1, -0.05) is 0 Å². The van der Waals surface area contributed by atoms with Gasteiger partial charge in [0.1, 0.15) is 12.2 Å². The molecule has 0 N–H and O–H groups in total. The van der Waals surface area contributed by atoms with E-state index in [1.807, 2.05) is 0 Å². The molecule has 0 saturated heterocycles. The normalized spacial score (nSPS) is 51.1. The maximum Gasteiger partial charge on any atom is 0.303 e. The summed E-state index contributed by atoms with van der Waals surface area (Å²) < 4.78 is 11.1. The molecule has 0 amide bonds. The maximum absolute atomic E-state index is 11.4. The Morgan fingerprint density at radius 3 is 1.65 bits per heavy atom. The van der Waals surface area contributed by atoms with Crippen LogP contribution >= 0.6 is 0 Å².